The van der Waals surface area contributed by atoms with Crippen LogP contribution in [0.3, 0.4) is 0 Å². The normalized spacial score (nSPS) is 39.6. The van der Waals surface area contributed by atoms with Gasteiger partial charge in [-0.1, -0.05) is 0 Å². The quantitative estimate of drug-likeness (QED) is 0.588. The third kappa shape index (κ3) is 2.72. The van der Waals surface area contributed by atoms with Gasteiger partial charge < -0.3 is 20.9 Å². The van der Waals surface area contributed by atoms with Crippen molar-refractivity contribution in [1.82, 2.24) is 5.32 Å². The smallest absolute Gasteiger partial charge is 0.227 e. The van der Waals surface area contributed by atoms with E-state index in [0.29, 0.717) is 13.2 Å². The van der Waals surface area contributed by atoms with Gasteiger partial charge in [0.15, 0.2) is 0 Å². The van der Waals surface area contributed by atoms with Crippen LogP contribution < -0.4 is 11.1 Å². The number of nitrogens with two attached hydrogens (primary N) is 1. The molecule has 2 fully saturated rings. The van der Waals surface area contributed by atoms with Gasteiger partial charge in [-0.15, -0.1) is 0 Å². The van der Waals surface area contributed by atoms with Gasteiger partial charge in [-0.2, -0.15) is 0 Å². The molecule has 2 unspecified atom stereocenters. The van der Waals surface area contributed by atoms with E-state index in [2.05, 4.69) is 5.32 Å². The molecule has 2 atom stereocenters. The maximum Gasteiger partial charge on any atom is 0.227 e. The second kappa shape index (κ2) is 5.12. The number of hydrogen-bond acceptors (Lipinski definition) is 4. The lowest BCUT2D eigenvalue weighted by atomic mass is 9.92. The zero-order valence-corrected chi connectivity index (χ0v) is 9.39. The molecule has 1 saturated carbocycles. The monoisotopic (exact) mass is 228 g/mol. The number of ether oxygens (including phenoxy) is 1. The minimum atomic E-state index is -0.202. The van der Waals surface area contributed by atoms with Crippen LogP contribution >= 0.6 is 0 Å². The first-order valence-electron chi connectivity index (χ1n) is 5.98. The number of rotatable bonds is 2. The molecule has 4 N–H and O–H groups in total. The Balaban J connectivity index is 1.78. The summed E-state index contributed by atoms with van der Waals surface area (Å²) in [4.78, 5) is 11.9. The van der Waals surface area contributed by atoms with Gasteiger partial charge in [0.1, 0.15) is 0 Å². The molecule has 5 heteroatoms. The lowest BCUT2D eigenvalue weighted by Gasteiger charge is -2.27. The molecule has 5 nitrogen and oxygen atoms in total. The van der Waals surface area contributed by atoms with Crippen LogP contribution in [0.25, 0.3) is 0 Å². The van der Waals surface area contributed by atoms with Crippen LogP contribution in [0.5, 0.6) is 0 Å². The first-order valence-corrected chi connectivity index (χ1v) is 5.98. The van der Waals surface area contributed by atoms with Crippen LogP contribution in [0.4, 0.5) is 0 Å². The third-order valence-corrected chi connectivity index (χ3v) is 3.50. The number of carbonyl (C=O) groups is 1. The Kier molecular flexibility index (Phi) is 3.78. The van der Waals surface area contributed by atoms with Crippen LogP contribution in [-0.2, 0) is 9.53 Å². The molecule has 0 aromatic rings. The van der Waals surface area contributed by atoms with Crippen molar-refractivity contribution in [2.75, 3.05) is 13.2 Å². The molecule has 1 heterocycles. The number of aliphatic hydroxyl groups excluding tert-OH is 1. The molecule has 16 heavy (non-hydrogen) atoms. The third-order valence-electron chi connectivity index (χ3n) is 3.50. The molecule has 2 rings (SSSR count). The van der Waals surface area contributed by atoms with Crippen molar-refractivity contribution in [3.63, 3.8) is 0 Å². The molecule has 0 spiro atoms. The van der Waals surface area contributed by atoms with Crippen molar-refractivity contribution < 1.29 is 14.6 Å². The highest BCUT2D eigenvalue weighted by Crippen LogP contribution is 2.19. The van der Waals surface area contributed by atoms with E-state index >= 15 is 0 Å². The number of amides is 1. The van der Waals surface area contributed by atoms with Crippen molar-refractivity contribution >= 4 is 5.91 Å². The topological polar surface area (TPSA) is 84.6 Å². The first kappa shape index (κ1) is 11.8. The largest absolute Gasteiger partial charge is 0.393 e. The fourth-order valence-corrected chi connectivity index (χ4v) is 2.37. The van der Waals surface area contributed by atoms with E-state index in [1.54, 1.807) is 0 Å². The average Bonchev–Trinajstić information content (AvgIpc) is 2.68. The zero-order chi connectivity index (χ0) is 11.5. The van der Waals surface area contributed by atoms with Gasteiger partial charge in [0, 0.05) is 12.1 Å². The van der Waals surface area contributed by atoms with Gasteiger partial charge in [0.25, 0.3) is 0 Å². The maximum atomic E-state index is 11.9. The summed E-state index contributed by atoms with van der Waals surface area (Å²) in [6.45, 7) is 0.907. The van der Waals surface area contributed by atoms with Crippen molar-refractivity contribution in [1.29, 1.82) is 0 Å². The number of aliphatic hydroxyl groups is 1. The highest BCUT2D eigenvalue weighted by molar-refractivity contribution is 5.80. The molecule has 92 valence electrons. The lowest BCUT2D eigenvalue weighted by molar-refractivity contribution is -0.126. The predicted molar refractivity (Wildman–Crippen MR) is 58.7 cm³/mol. The van der Waals surface area contributed by atoms with Gasteiger partial charge in [-0.3, -0.25) is 4.79 Å². The van der Waals surface area contributed by atoms with E-state index in [9.17, 15) is 9.90 Å². The van der Waals surface area contributed by atoms with Crippen molar-refractivity contribution in [3.8, 4) is 0 Å². The van der Waals surface area contributed by atoms with Gasteiger partial charge in [0.05, 0.1) is 25.2 Å². The average molecular weight is 228 g/mol. The Hall–Kier alpha value is -0.650. The summed E-state index contributed by atoms with van der Waals surface area (Å²) in [7, 11) is 0. The van der Waals surface area contributed by atoms with Gasteiger partial charge >= 0.3 is 0 Å². The fourth-order valence-electron chi connectivity index (χ4n) is 2.37. The Morgan fingerprint density at radius 3 is 2.50 bits per heavy atom. The van der Waals surface area contributed by atoms with Crippen molar-refractivity contribution in [2.45, 2.75) is 43.9 Å². The highest BCUT2D eigenvalue weighted by Gasteiger charge is 2.32. The van der Waals surface area contributed by atoms with E-state index in [4.69, 9.17) is 10.5 Å². The summed E-state index contributed by atoms with van der Waals surface area (Å²) in [6.07, 6.45) is 3.08. The molecule has 1 saturated heterocycles. The minimum Gasteiger partial charge on any atom is -0.393 e. The summed E-state index contributed by atoms with van der Waals surface area (Å²) in [5.41, 5.74) is 5.78. The van der Waals surface area contributed by atoms with Gasteiger partial charge in [-0.05, 0) is 25.7 Å². The van der Waals surface area contributed by atoms with E-state index < -0.39 is 0 Å². The van der Waals surface area contributed by atoms with E-state index in [1.165, 1.54) is 0 Å². The van der Waals surface area contributed by atoms with Crippen LogP contribution in [0.1, 0.15) is 25.7 Å². The SMILES string of the molecule is NC1COCC1C(=O)NC1CCC(O)CC1. The van der Waals surface area contributed by atoms with Crippen LogP contribution in [0, 0.1) is 5.92 Å². The molecule has 0 radical (unpaired) electrons. The molecule has 0 bridgehead atoms. The summed E-state index contributed by atoms with van der Waals surface area (Å²) in [5.74, 6) is -0.196. The van der Waals surface area contributed by atoms with E-state index in [1.807, 2.05) is 0 Å². The maximum absolute atomic E-state index is 11.9. The van der Waals surface area contributed by atoms with E-state index in [0.717, 1.165) is 25.7 Å². The summed E-state index contributed by atoms with van der Waals surface area (Å²) in [5, 5.41) is 12.4. The predicted octanol–water partition coefficient (Wildman–Crippen LogP) is -0.620. The standard InChI is InChI=1S/C11H20N2O3/c12-10-6-16-5-9(10)11(15)13-7-1-3-8(14)4-2-7/h7-10,14H,1-6,12H2,(H,13,15). The molecule has 0 aromatic carbocycles. The highest BCUT2D eigenvalue weighted by atomic mass is 16.5. The lowest BCUT2D eigenvalue weighted by Crippen LogP contribution is -2.46. The molecule has 1 aliphatic carbocycles. The van der Waals surface area contributed by atoms with Crippen LogP contribution in [-0.4, -0.2) is 42.4 Å². The Bertz CT molecular complexity index is 252. The second-order valence-corrected chi connectivity index (χ2v) is 4.82. The molecule has 0 aromatic heterocycles. The number of hydrogen-bond donors (Lipinski definition) is 3. The van der Waals surface area contributed by atoms with Crippen molar-refractivity contribution in [2.24, 2.45) is 11.7 Å². The van der Waals surface area contributed by atoms with Crippen LogP contribution in [0.15, 0.2) is 0 Å². The molecule has 1 aliphatic heterocycles. The molecule has 2 aliphatic rings. The minimum absolute atomic E-state index is 0.00592. The Morgan fingerprint density at radius 2 is 1.94 bits per heavy atom. The molecular formula is C11H20N2O3. The van der Waals surface area contributed by atoms with Crippen molar-refractivity contribution in [3.05, 3.63) is 0 Å². The van der Waals surface area contributed by atoms with Crippen LogP contribution in [0.2, 0.25) is 0 Å². The van der Waals surface area contributed by atoms with E-state index in [-0.39, 0.29) is 30.0 Å². The second-order valence-electron chi connectivity index (χ2n) is 4.82. The Morgan fingerprint density at radius 1 is 1.25 bits per heavy atom. The zero-order valence-electron chi connectivity index (χ0n) is 9.39. The molecular weight excluding hydrogens is 208 g/mol. The summed E-state index contributed by atoms with van der Waals surface area (Å²) in [6, 6.07) is 0.0258. The number of carbonyl (C=O) groups excluding carboxylic acids is 1. The number of nitrogens with one attached hydrogen (secondary N) is 1. The summed E-state index contributed by atoms with van der Waals surface area (Å²) < 4.78 is 5.17. The Labute approximate surface area is 95.3 Å². The first-order chi connectivity index (χ1) is 7.66. The summed E-state index contributed by atoms with van der Waals surface area (Å²) >= 11 is 0. The van der Waals surface area contributed by atoms with Gasteiger partial charge in [0.2, 0.25) is 5.91 Å². The molecule has 1 amide bonds. The van der Waals surface area contributed by atoms with Gasteiger partial charge in [-0.25, -0.2) is 0 Å². The fraction of sp³-hybridized carbons (Fsp3) is 0.909.